The van der Waals surface area contributed by atoms with E-state index in [1.807, 2.05) is 36.4 Å². The fourth-order valence-corrected chi connectivity index (χ4v) is 4.87. The molecule has 31 heavy (non-hydrogen) atoms. The highest BCUT2D eigenvalue weighted by molar-refractivity contribution is 6.05. The van der Waals surface area contributed by atoms with Crippen molar-refractivity contribution in [3.05, 3.63) is 65.8 Å². The molecule has 160 valence electrons. The Kier molecular flexibility index (Phi) is 5.25. The van der Waals surface area contributed by atoms with Gasteiger partial charge in [-0.15, -0.1) is 0 Å². The molecule has 0 spiro atoms. The molecule has 5 heterocycles. The number of carbonyl (C=O) groups excluding carboxylic acids is 1. The van der Waals surface area contributed by atoms with E-state index in [9.17, 15) is 4.79 Å². The molecule has 1 amide bonds. The molecular formula is C23H25N5O3. The summed E-state index contributed by atoms with van der Waals surface area (Å²) in [5, 5.41) is 16.6. The van der Waals surface area contributed by atoms with E-state index in [1.165, 1.54) is 0 Å². The number of fused-ring (bicyclic) bond motifs is 4. The van der Waals surface area contributed by atoms with E-state index in [2.05, 4.69) is 20.7 Å². The SMILES string of the molecule is O=C(NCCO)C12CCC3C(c4ccccn4)=NNC(c4ccccn4)=C3[C@@H](CC1)O2. The van der Waals surface area contributed by atoms with Crippen molar-refractivity contribution in [1.82, 2.24) is 20.7 Å². The maximum atomic E-state index is 13.0. The predicted molar refractivity (Wildman–Crippen MR) is 115 cm³/mol. The molecule has 0 saturated carbocycles. The van der Waals surface area contributed by atoms with Crippen LogP contribution in [0.25, 0.3) is 5.70 Å². The van der Waals surface area contributed by atoms with Crippen LogP contribution in [0, 0.1) is 5.92 Å². The number of nitrogens with zero attached hydrogens (tertiary/aromatic N) is 3. The van der Waals surface area contributed by atoms with E-state index in [-0.39, 0.29) is 31.1 Å². The molecule has 3 aliphatic heterocycles. The number of aliphatic hydroxyl groups is 1. The Hall–Kier alpha value is -3.10. The van der Waals surface area contributed by atoms with E-state index >= 15 is 0 Å². The van der Waals surface area contributed by atoms with Crippen LogP contribution in [0.3, 0.4) is 0 Å². The normalized spacial score (nSPS) is 27.1. The standard InChI is InChI=1S/C23H25N5O3/c29-14-13-26-22(30)23-9-7-15-19(18(31-23)8-10-23)21(17-6-2-4-12-25-17)28-27-20(15)16-5-1-3-11-24-16/h1-6,11-12,15,18,28-29H,7-10,13-14H2,(H,26,30)/t15?,18-,23?/m1/s1. The number of hydrogen-bond donors (Lipinski definition) is 3. The zero-order valence-electron chi connectivity index (χ0n) is 17.1. The van der Waals surface area contributed by atoms with E-state index in [0.29, 0.717) is 19.3 Å². The average Bonchev–Trinajstić information content (AvgIpc) is 3.18. The molecule has 2 unspecified atom stereocenters. The minimum absolute atomic E-state index is 0.0222. The first-order valence-electron chi connectivity index (χ1n) is 10.7. The van der Waals surface area contributed by atoms with Crippen molar-refractivity contribution in [1.29, 1.82) is 0 Å². The molecule has 3 N–H and O–H groups in total. The van der Waals surface area contributed by atoms with Gasteiger partial charge in [-0.1, -0.05) is 12.1 Å². The molecular weight excluding hydrogens is 394 g/mol. The van der Waals surface area contributed by atoms with Gasteiger partial charge in [-0.25, -0.2) is 0 Å². The second-order valence-electron chi connectivity index (χ2n) is 8.08. The number of amides is 1. The largest absolute Gasteiger partial charge is 0.395 e. The van der Waals surface area contributed by atoms with Crippen LogP contribution in [-0.2, 0) is 9.53 Å². The Labute approximate surface area is 180 Å². The topological polar surface area (TPSA) is 109 Å². The van der Waals surface area contributed by atoms with Crippen molar-refractivity contribution >= 4 is 17.3 Å². The lowest BCUT2D eigenvalue weighted by Gasteiger charge is -2.30. The molecule has 8 heteroatoms. The van der Waals surface area contributed by atoms with Crippen LogP contribution in [0.2, 0.25) is 0 Å². The van der Waals surface area contributed by atoms with E-state index < -0.39 is 5.60 Å². The smallest absolute Gasteiger partial charge is 0.252 e. The van der Waals surface area contributed by atoms with Crippen LogP contribution in [0.1, 0.15) is 37.1 Å². The highest BCUT2D eigenvalue weighted by atomic mass is 16.5. The molecule has 2 aromatic heterocycles. The van der Waals surface area contributed by atoms with Crippen LogP contribution in [0.4, 0.5) is 0 Å². The van der Waals surface area contributed by atoms with Crippen molar-refractivity contribution in [2.24, 2.45) is 11.0 Å². The zero-order chi connectivity index (χ0) is 21.3. The van der Waals surface area contributed by atoms with E-state index in [4.69, 9.17) is 14.9 Å². The lowest BCUT2D eigenvalue weighted by Crippen LogP contribution is -2.47. The van der Waals surface area contributed by atoms with Gasteiger partial charge in [0.05, 0.1) is 35.5 Å². The van der Waals surface area contributed by atoms with Crippen molar-refractivity contribution < 1.29 is 14.6 Å². The number of nitrogens with one attached hydrogen (secondary N) is 2. The molecule has 8 nitrogen and oxygen atoms in total. The summed E-state index contributed by atoms with van der Waals surface area (Å²) in [7, 11) is 0. The first kappa shape index (κ1) is 19.8. The molecule has 5 rings (SSSR count). The summed E-state index contributed by atoms with van der Waals surface area (Å²) in [5.41, 5.74) is 6.76. The lowest BCUT2D eigenvalue weighted by molar-refractivity contribution is -0.144. The summed E-state index contributed by atoms with van der Waals surface area (Å²) in [6.07, 6.45) is 5.99. The zero-order valence-corrected chi connectivity index (χ0v) is 17.1. The Bertz CT molecular complexity index is 1020. The second kappa shape index (κ2) is 8.20. The predicted octanol–water partition coefficient (Wildman–Crippen LogP) is 1.63. The summed E-state index contributed by atoms with van der Waals surface area (Å²) in [4.78, 5) is 22.0. The summed E-state index contributed by atoms with van der Waals surface area (Å²) in [6.45, 7) is 0.130. The second-order valence-corrected chi connectivity index (χ2v) is 8.08. The van der Waals surface area contributed by atoms with E-state index in [0.717, 1.165) is 34.8 Å². The number of hydrazone groups is 1. The molecule has 3 aliphatic rings. The average molecular weight is 419 g/mol. The number of aromatic nitrogens is 2. The van der Waals surface area contributed by atoms with Crippen LogP contribution >= 0.6 is 0 Å². The number of hydrogen-bond acceptors (Lipinski definition) is 7. The third-order valence-corrected chi connectivity index (χ3v) is 6.30. The molecule has 2 bridgehead atoms. The minimum Gasteiger partial charge on any atom is -0.395 e. The van der Waals surface area contributed by atoms with Crippen molar-refractivity contribution in [2.75, 3.05) is 13.2 Å². The van der Waals surface area contributed by atoms with Gasteiger partial charge >= 0.3 is 0 Å². The Balaban J connectivity index is 1.57. The van der Waals surface area contributed by atoms with Crippen LogP contribution in [0.15, 0.2) is 59.5 Å². The highest BCUT2D eigenvalue weighted by Gasteiger charge is 2.52. The quantitative estimate of drug-likeness (QED) is 0.680. The number of ether oxygens (including phenoxy) is 1. The summed E-state index contributed by atoms with van der Waals surface area (Å²) >= 11 is 0. The van der Waals surface area contributed by atoms with Crippen LogP contribution in [-0.4, -0.2) is 51.6 Å². The van der Waals surface area contributed by atoms with Gasteiger partial charge in [0, 0.05) is 24.9 Å². The van der Waals surface area contributed by atoms with Gasteiger partial charge in [-0.2, -0.15) is 5.10 Å². The van der Waals surface area contributed by atoms with E-state index in [1.54, 1.807) is 12.4 Å². The fraction of sp³-hybridized carbons (Fsp3) is 0.391. The first-order valence-corrected chi connectivity index (χ1v) is 10.7. The molecule has 2 aromatic rings. The monoisotopic (exact) mass is 419 g/mol. The highest BCUT2D eigenvalue weighted by Crippen LogP contribution is 2.48. The summed E-state index contributed by atoms with van der Waals surface area (Å²) in [6, 6.07) is 11.6. The third kappa shape index (κ3) is 3.51. The molecule has 0 aliphatic carbocycles. The molecule has 3 atom stereocenters. The number of rotatable bonds is 5. The lowest BCUT2D eigenvalue weighted by atomic mass is 9.77. The van der Waals surface area contributed by atoms with Gasteiger partial charge in [0.1, 0.15) is 5.60 Å². The fourth-order valence-electron chi connectivity index (χ4n) is 4.87. The molecule has 2 fully saturated rings. The Morgan fingerprint density at radius 2 is 1.87 bits per heavy atom. The summed E-state index contributed by atoms with van der Waals surface area (Å²) in [5.74, 6) is -0.169. The maximum Gasteiger partial charge on any atom is 0.252 e. The van der Waals surface area contributed by atoms with Gasteiger partial charge in [0.25, 0.3) is 5.91 Å². The van der Waals surface area contributed by atoms with Crippen molar-refractivity contribution in [2.45, 2.75) is 37.4 Å². The van der Waals surface area contributed by atoms with Gasteiger partial charge in [0.2, 0.25) is 0 Å². The molecule has 2 saturated heterocycles. The Morgan fingerprint density at radius 1 is 1.13 bits per heavy atom. The van der Waals surface area contributed by atoms with Gasteiger partial charge < -0.3 is 15.2 Å². The number of aliphatic hydroxyl groups excluding tert-OH is 1. The molecule has 0 radical (unpaired) electrons. The number of pyridine rings is 2. The van der Waals surface area contributed by atoms with Crippen LogP contribution in [0.5, 0.6) is 0 Å². The number of carbonyl (C=O) groups is 1. The molecule has 0 aromatic carbocycles. The van der Waals surface area contributed by atoms with Gasteiger partial charge in [0.15, 0.2) is 0 Å². The minimum atomic E-state index is -0.880. The van der Waals surface area contributed by atoms with Crippen molar-refractivity contribution in [3.8, 4) is 0 Å². The first-order chi connectivity index (χ1) is 15.2. The third-order valence-electron chi connectivity index (χ3n) is 6.30. The van der Waals surface area contributed by atoms with Gasteiger partial charge in [-0.3, -0.25) is 20.2 Å². The maximum absolute atomic E-state index is 13.0. The van der Waals surface area contributed by atoms with Crippen LogP contribution < -0.4 is 10.7 Å². The van der Waals surface area contributed by atoms with Gasteiger partial charge in [-0.05, 0) is 55.5 Å². The summed E-state index contributed by atoms with van der Waals surface area (Å²) < 4.78 is 6.48. The van der Waals surface area contributed by atoms with Crippen molar-refractivity contribution in [3.63, 3.8) is 0 Å². The Morgan fingerprint density at radius 3 is 2.58 bits per heavy atom.